The lowest BCUT2D eigenvalue weighted by Gasteiger charge is -2.28. The van der Waals surface area contributed by atoms with E-state index in [1.54, 1.807) is 0 Å². The van der Waals surface area contributed by atoms with Gasteiger partial charge >= 0.3 is 0 Å². The number of aromatic nitrogens is 2. The van der Waals surface area contributed by atoms with Crippen LogP contribution in [-0.4, -0.2) is 60.3 Å². The first-order chi connectivity index (χ1) is 12.8. The maximum Gasteiger partial charge on any atom is 0.225 e. The summed E-state index contributed by atoms with van der Waals surface area (Å²) in [7, 11) is 0. The van der Waals surface area contributed by atoms with E-state index < -0.39 is 0 Å². The lowest BCUT2D eigenvalue weighted by Crippen LogP contribution is -2.37. The van der Waals surface area contributed by atoms with Gasteiger partial charge < -0.3 is 15.0 Å². The van der Waals surface area contributed by atoms with Crippen molar-refractivity contribution in [3.05, 3.63) is 47.9 Å². The van der Waals surface area contributed by atoms with Crippen LogP contribution in [0.5, 0.6) is 0 Å². The predicted octanol–water partition coefficient (Wildman–Crippen LogP) is 2.14. The van der Waals surface area contributed by atoms with Crippen molar-refractivity contribution in [3.8, 4) is 0 Å². The fourth-order valence-corrected chi connectivity index (χ4v) is 3.54. The molecule has 2 aliphatic rings. The molecule has 4 rings (SSSR count). The molecule has 3 heterocycles. The molecular weight excluding hydrogens is 333 g/mol. The number of hydrogen-bond donors (Lipinski definition) is 1. The van der Waals surface area contributed by atoms with Gasteiger partial charge in [-0.2, -0.15) is 4.98 Å². The number of benzene rings is 1. The van der Waals surface area contributed by atoms with Gasteiger partial charge in [0.1, 0.15) is 0 Å². The van der Waals surface area contributed by atoms with Gasteiger partial charge in [-0.3, -0.25) is 4.90 Å². The second-order valence-electron chi connectivity index (χ2n) is 6.82. The minimum Gasteiger partial charge on any atom is -0.378 e. The summed E-state index contributed by atoms with van der Waals surface area (Å²) in [6.07, 6.45) is 2.29. The van der Waals surface area contributed by atoms with Crippen molar-refractivity contribution in [2.24, 2.45) is 0 Å². The summed E-state index contributed by atoms with van der Waals surface area (Å²) in [5.41, 5.74) is 1.32. The van der Waals surface area contributed by atoms with Gasteiger partial charge in [-0.1, -0.05) is 30.3 Å². The second kappa shape index (κ2) is 7.97. The van der Waals surface area contributed by atoms with E-state index in [0.29, 0.717) is 38.1 Å². The lowest BCUT2D eigenvalue weighted by molar-refractivity contribution is 0.122. The third-order valence-electron chi connectivity index (χ3n) is 4.89. The summed E-state index contributed by atoms with van der Waals surface area (Å²) in [5, 5.41) is 3.37. The highest BCUT2D eigenvalue weighted by Crippen LogP contribution is 2.21. The van der Waals surface area contributed by atoms with Crippen LogP contribution < -0.4 is 10.2 Å². The molecule has 0 bridgehead atoms. The molecule has 0 radical (unpaired) electrons. The lowest BCUT2D eigenvalue weighted by atomic mass is 10.2. The van der Waals surface area contributed by atoms with Crippen LogP contribution in [0.25, 0.3) is 0 Å². The number of anilines is 2. The Balaban J connectivity index is 1.37. The third-order valence-corrected chi connectivity index (χ3v) is 4.89. The Hall–Kier alpha value is -2.25. The average Bonchev–Trinajstić information content (AvgIpc) is 3.11. The molecule has 0 saturated carbocycles. The monoisotopic (exact) mass is 357 g/mol. The van der Waals surface area contributed by atoms with Gasteiger partial charge in [0.05, 0.1) is 19.4 Å². The standard InChI is InChI=1S/C19H24FN5O/c20-17-12-21-19(23-18(17)25-8-10-26-11-9-25)22-16-6-7-24(14-16)13-15-4-2-1-3-5-15/h1-5,12,16H,6-11,13-14H2,(H,21,22,23). The zero-order chi connectivity index (χ0) is 17.8. The number of ether oxygens (including phenoxy) is 1. The summed E-state index contributed by atoms with van der Waals surface area (Å²) >= 11 is 0. The number of hydrogen-bond acceptors (Lipinski definition) is 6. The number of nitrogens with one attached hydrogen (secondary N) is 1. The SMILES string of the molecule is Fc1cnc(NC2CCN(Cc3ccccc3)C2)nc1N1CCOCC1. The number of nitrogens with zero attached hydrogens (tertiary/aromatic N) is 4. The van der Waals surface area contributed by atoms with E-state index in [1.165, 1.54) is 11.8 Å². The molecule has 1 aromatic carbocycles. The molecule has 1 atom stereocenters. The van der Waals surface area contributed by atoms with Crippen LogP contribution in [0, 0.1) is 5.82 Å². The second-order valence-corrected chi connectivity index (χ2v) is 6.82. The largest absolute Gasteiger partial charge is 0.378 e. The van der Waals surface area contributed by atoms with E-state index in [1.807, 2.05) is 11.0 Å². The molecular formula is C19H24FN5O. The molecule has 1 aromatic heterocycles. The zero-order valence-corrected chi connectivity index (χ0v) is 14.8. The average molecular weight is 357 g/mol. The van der Waals surface area contributed by atoms with Gasteiger partial charge in [-0.15, -0.1) is 0 Å². The highest BCUT2D eigenvalue weighted by molar-refractivity contribution is 5.44. The van der Waals surface area contributed by atoms with Crippen molar-refractivity contribution in [3.63, 3.8) is 0 Å². The predicted molar refractivity (Wildman–Crippen MR) is 98.8 cm³/mol. The molecule has 138 valence electrons. The number of morpholine rings is 1. The first kappa shape index (κ1) is 17.2. The molecule has 1 N–H and O–H groups in total. The smallest absolute Gasteiger partial charge is 0.225 e. The Morgan fingerprint density at radius 3 is 2.77 bits per heavy atom. The van der Waals surface area contributed by atoms with Crippen molar-refractivity contribution in [2.75, 3.05) is 49.6 Å². The first-order valence-corrected chi connectivity index (χ1v) is 9.16. The van der Waals surface area contributed by atoms with Crippen LogP contribution >= 0.6 is 0 Å². The molecule has 1 unspecified atom stereocenters. The van der Waals surface area contributed by atoms with E-state index in [4.69, 9.17) is 4.74 Å². The normalized spacial score (nSPS) is 21.1. The third kappa shape index (κ3) is 4.11. The molecule has 0 aliphatic carbocycles. The molecule has 6 nitrogen and oxygen atoms in total. The topological polar surface area (TPSA) is 53.5 Å². The van der Waals surface area contributed by atoms with Crippen molar-refractivity contribution in [2.45, 2.75) is 19.0 Å². The Morgan fingerprint density at radius 1 is 1.15 bits per heavy atom. The highest BCUT2D eigenvalue weighted by Gasteiger charge is 2.24. The van der Waals surface area contributed by atoms with Gasteiger partial charge in [0.2, 0.25) is 5.95 Å². The minimum absolute atomic E-state index is 0.279. The van der Waals surface area contributed by atoms with Gasteiger partial charge in [-0.25, -0.2) is 9.37 Å². The summed E-state index contributed by atoms with van der Waals surface area (Å²) in [4.78, 5) is 12.9. The molecule has 2 aliphatic heterocycles. The molecule has 2 aromatic rings. The zero-order valence-electron chi connectivity index (χ0n) is 14.8. The molecule has 7 heteroatoms. The van der Waals surface area contributed by atoms with E-state index >= 15 is 0 Å². The van der Waals surface area contributed by atoms with Crippen LogP contribution in [0.15, 0.2) is 36.5 Å². The van der Waals surface area contributed by atoms with E-state index in [9.17, 15) is 4.39 Å². The Morgan fingerprint density at radius 2 is 1.96 bits per heavy atom. The van der Waals surface area contributed by atoms with E-state index in [2.05, 4.69) is 44.5 Å². The van der Waals surface area contributed by atoms with Crippen LogP contribution in [0.3, 0.4) is 0 Å². The fraction of sp³-hybridized carbons (Fsp3) is 0.474. The maximum atomic E-state index is 14.1. The maximum absolute atomic E-state index is 14.1. The number of halogens is 1. The Bertz CT molecular complexity index is 723. The first-order valence-electron chi connectivity index (χ1n) is 9.16. The molecule has 0 amide bonds. The molecule has 2 fully saturated rings. The Kier molecular flexibility index (Phi) is 5.26. The number of likely N-dealkylation sites (tertiary alicyclic amines) is 1. The van der Waals surface area contributed by atoms with Crippen molar-refractivity contribution >= 4 is 11.8 Å². The summed E-state index contributed by atoms with van der Waals surface area (Å²) < 4.78 is 19.5. The molecule has 0 spiro atoms. The summed E-state index contributed by atoms with van der Waals surface area (Å²) in [5.74, 6) is 0.485. The van der Waals surface area contributed by atoms with Crippen molar-refractivity contribution < 1.29 is 9.13 Å². The van der Waals surface area contributed by atoms with Crippen LogP contribution in [-0.2, 0) is 11.3 Å². The van der Waals surface area contributed by atoms with Crippen LogP contribution in [0.1, 0.15) is 12.0 Å². The summed E-state index contributed by atoms with van der Waals surface area (Å²) in [6.45, 7) is 5.42. The Labute approximate surface area is 153 Å². The van der Waals surface area contributed by atoms with Gasteiger partial charge in [0.25, 0.3) is 0 Å². The van der Waals surface area contributed by atoms with Gasteiger partial charge in [0, 0.05) is 38.8 Å². The molecule has 2 saturated heterocycles. The van der Waals surface area contributed by atoms with E-state index in [0.717, 1.165) is 26.1 Å². The minimum atomic E-state index is -0.380. The van der Waals surface area contributed by atoms with E-state index in [-0.39, 0.29) is 11.9 Å². The van der Waals surface area contributed by atoms with Crippen molar-refractivity contribution in [1.82, 2.24) is 14.9 Å². The highest BCUT2D eigenvalue weighted by atomic mass is 19.1. The van der Waals surface area contributed by atoms with Crippen LogP contribution in [0.4, 0.5) is 16.2 Å². The van der Waals surface area contributed by atoms with Crippen LogP contribution in [0.2, 0.25) is 0 Å². The summed E-state index contributed by atoms with van der Waals surface area (Å²) in [6, 6.07) is 10.8. The van der Waals surface area contributed by atoms with Gasteiger partial charge in [0.15, 0.2) is 11.6 Å². The molecule has 26 heavy (non-hydrogen) atoms. The van der Waals surface area contributed by atoms with Gasteiger partial charge in [-0.05, 0) is 12.0 Å². The fourth-order valence-electron chi connectivity index (χ4n) is 3.54. The quantitative estimate of drug-likeness (QED) is 0.885. The number of rotatable bonds is 5. The van der Waals surface area contributed by atoms with Crippen molar-refractivity contribution in [1.29, 1.82) is 0 Å².